The van der Waals surface area contributed by atoms with Crippen molar-refractivity contribution in [1.29, 1.82) is 10.5 Å². The fraction of sp³-hybridized carbons (Fsp3) is 0. The van der Waals surface area contributed by atoms with Gasteiger partial charge >= 0.3 is 0 Å². The van der Waals surface area contributed by atoms with E-state index in [-0.39, 0.29) is 0 Å². The Labute approximate surface area is 280 Å². The van der Waals surface area contributed by atoms with Crippen LogP contribution in [0, 0.1) is 22.7 Å². The third kappa shape index (κ3) is 3.79. The summed E-state index contributed by atoms with van der Waals surface area (Å²) >= 11 is 0. The molecule has 0 atom stereocenters. The summed E-state index contributed by atoms with van der Waals surface area (Å²) in [6, 6.07) is 54.2. The van der Waals surface area contributed by atoms with Crippen LogP contribution in [-0.2, 0) is 0 Å². The van der Waals surface area contributed by atoms with Crippen LogP contribution < -0.4 is 0 Å². The zero-order chi connectivity index (χ0) is 32.6. The Hall–Kier alpha value is -7.08. The van der Waals surface area contributed by atoms with Crippen molar-refractivity contribution < 1.29 is 4.42 Å². The van der Waals surface area contributed by atoms with E-state index in [1.165, 1.54) is 10.8 Å². The quantitative estimate of drug-likeness (QED) is 0.196. The monoisotopic (exact) mass is 624 g/mol. The lowest BCUT2D eigenvalue weighted by molar-refractivity contribution is 0.669. The number of aromatic nitrogens is 2. The fourth-order valence-electron chi connectivity index (χ4n) is 7.71. The Balaban J connectivity index is 1.25. The molecule has 7 aromatic carbocycles. The normalized spacial score (nSPS) is 11.6. The van der Waals surface area contributed by atoms with Gasteiger partial charge in [0.05, 0.1) is 45.0 Å². The van der Waals surface area contributed by atoms with Gasteiger partial charge in [-0.25, -0.2) is 0 Å². The first kappa shape index (κ1) is 27.1. The second-order valence-corrected chi connectivity index (χ2v) is 12.3. The number of nitrogens with zero attached hydrogens (tertiary/aromatic N) is 4. The third-order valence-corrected chi connectivity index (χ3v) is 9.81. The van der Waals surface area contributed by atoms with E-state index in [2.05, 4.69) is 124 Å². The summed E-state index contributed by atoms with van der Waals surface area (Å²) in [5.74, 6) is 0. The minimum atomic E-state index is 0.479. The van der Waals surface area contributed by atoms with Crippen molar-refractivity contribution in [2.45, 2.75) is 0 Å². The number of rotatable bonds is 3. The molecular formula is C44H24N4O. The highest BCUT2D eigenvalue weighted by molar-refractivity contribution is 6.18. The minimum Gasteiger partial charge on any atom is -0.456 e. The second-order valence-electron chi connectivity index (χ2n) is 12.3. The van der Waals surface area contributed by atoms with Gasteiger partial charge in [0, 0.05) is 49.6 Å². The molecular weight excluding hydrogens is 601 g/mol. The lowest BCUT2D eigenvalue weighted by atomic mass is 9.94. The van der Waals surface area contributed by atoms with E-state index in [1.54, 1.807) is 12.1 Å². The number of nitriles is 2. The Morgan fingerprint density at radius 1 is 0.429 bits per heavy atom. The molecule has 10 aromatic rings. The maximum atomic E-state index is 10.6. The van der Waals surface area contributed by atoms with Gasteiger partial charge in [0.15, 0.2) is 0 Å². The highest BCUT2D eigenvalue weighted by Crippen LogP contribution is 2.42. The van der Waals surface area contributed by atoms with Crippen LogP contribution in [0.5, 0.6) is 0 Å². The van der Waals surface area contributed by atoms with Crippen molar-refractivity contribution in [2.24, 2.45) is 0 Å². The first-order valence-corrected chi connectivity index (χ1v) is 16.1. The van der Waals surface area contributed by atoms with Crippen molar-refractivity contribution in [2.75, 3.05) is 0 Å². The topological polar surface area (TPSA) is 70.6 Å². The number of furan rings is 1. The van der Waals surface area contributed by atoms with Gasteiger partial charge in [0.25, 0.3) is 0 Å². The van der Waals surface area contributed by atoms with Crippen LogP contribution in [0.4, 0.5) is 0 Å². The van der Waals surface area contributed by atoms with Gasteiger partial charge in [-0.3, -0.25) is 0 Å². The molecule has 0 spiro atoms. The van der Waals surface area contributed by atoms with Crippen LogP contribution >= 0.6 is 0 Å². The molecule has 0 bridgehead atoms. The molecule has 3 aromatic heterocycles. The molecule has 0 fully saturated rings. The molecule has 0 saturated heterocycles. The average Bonchev–Trinajstić information content (AvgIpc) is 3.80. The predicted molar refractivity (Wildman–Crippen MR) is 197 cm³/mol. The number of benzene rings is 7. The molecule has 49 heavy (non-hydrogen) atoms. The highest BCUT2D eigenvalue weighted by Gasteiger charge is 2.23. The SMILES string of the molecule is N#Cc1ccc(C#N)c(-n2c3ccccc3c3cc4c(cc32)oc2ccccc24)c1-c1ccc(-n2c3ccccc3c3ccccc32)cc1. The molecule has 10 rings (SSSR count). The van der Waals surface area contributed by atoms with Crippen molar-refractivity contribution >= 4 is 65.6 Å². The van der Waals surface area contributed by atoms with E-state index in [0.717, 1.165) is 66.0 Å². The van der Waals surface area contributed by atoms with Crippen molar-refractivity contribution in [3.8, 4) is 34.6 Å². The van der Waals surface area contributed by atoms with Crippen LogP contribution in [0.1, 0.15) is 11.1 Å². The zero-order valence-corrected chi connectivity index (χ0v) is 26.1. The number of hydrogen-bond acceptors (Lipinski definition) is 3. The summed E-state index contributed by atoms with van der Waals surface area (Å²) in [5, 5.41) is 27.7. The van der Waals surface area contributed by atoms with E-state index >= 15 is 0 Å². The molecule has 0 N–H and O–H groups in total. The largest absolute Gasteiger partial charge is 0.456 e. The van der Waals surface area contributed by atoms with Crippen LogP contribution in [0.3, 0.4) is 0 Å². The molecule has 5 heteroatoms. The molecule has 0 aliphatic rings. The van der Waals surface area contributed by atoms with Gasteiger partial charge in [-0.05, 0) is 60.2 Å². The average molecular weight is 625 g/mol. The standard InChI is InChI=1S/C44H24N4O/c45-25-28-17-18-29(26-46)44(43(28)27-19-21-30(22-20-27)47-37-13-5-1-9-31(37)32-10-2-6-14-38(32)47)48-39-15-7-3-11-33(39)35-23-36-34-12-4-8-16-41(34)49-42(36)24-40(35)48/h1-24H. The van der Waals surface area contributed by atoms with Crippen LogP contribution in [0.25, 0.3) is 88.1 Å². The predicted octanol–water partition coefficient (Wildman–Crippen LogP) is 11.2. The van der Waals surface area contributed by atoms with Gasteiger partial charge in [-0.2, -0.15) is 10.5 Å². The molecule has 0 saturated carbocycles. The smallest absolute Gasteiger partial charge is 0.137 e. The van der Waals surface area contributed by atoms with Crippen LogP contribution in [-0.4, -0.2) is 9.13 Å². The summed E-state index contributed by atoms with van der Waals surface area (Å²) < 4.78 is 10.7. The van der Waals surface area contributed by atoms with E-state index in [0.29, 0.717) is 22.4 Å². The van der Waals surface area contributed by atoms with Crippen LogP contribution in [0.2, 0.25) is 0 Å². The molecule has 0 unspecified atom stereocenters. The van der Waals surface area contributed by atoms with E-state index in [1.807, 2.05) is 30.3 Å². The first-order valence-electron chi connectivity index (χ1n) is 16.1. The first-order chi connectivity index (χ1) is 24.2. The molecule has 0 aliphatic carbocycles. The van der Waals surface area contributed by atoms with Crippen molar-refractivity contribution in [1.82, 2.24) is 9.13 Å². The molecule has 0 aliphatic heterocycles. The molecule has 3 heterocycles. The summed E-state index contributed by atoms with van der Waals surface area (Å²) in [6.45, 7) is 0. The number of fused-ring (bicyclic) bond motifs is 9. The summed E-state index contributed by atoms with van der Waals surface area (Å²) in [5.41, 5.74) is 9.93. The lowest BCUT2D eigenvalue weighted by Crippen LogP contribution is -2.03. The lowest BCUT2D eigenvalue weighted by Gasteiger charge is -2.18. The number of hydrogen-bond donors (Lipinski definition) is 0. The van der Waals surface area contributed by atoms with Gasteiger partial charge < -0.3 is 13.6 Å². The van der Waals surface area contributed by atoms with Gasteiger partial charge in [-0.15, -0.1) is 0 Å². The Kier molecular flexibility index (Phi) is 5.64. The minimum absolute atomic E-state index is 0.479. The zero-order valence-electron chi connectivity index (χ0n) is 26.1. The van der Waals surface area contributed by atoms with Gasteiger partial charge in [0.2, 0.25) is 0 Å². The van der Waals surface area contributed by atoms with E-state index in [9.17, 15) is 10.5 Å². The Bertz CT molecular complexity index is 3020. The maximum Gasteiger partial charge on any atom is 0.137 e. The van der Waals surface area contributed by atoms with E-state index < -0.39 is 0 Å². The van der Waals surface area contributed by atoms with Crippen molar-refractivity contribution in [3.63, 3.8) is 0 Å². The van der Waals surface area contributed by atoms with Gasteiger partial charge in [-0.1, -0.05) is 84.9 Å². The van der Waals surface area contributed by atoms with Gasteiger partial charge in [0.1, 0.15) is 17.2 Å². The molecule has 5 nitrogen and oxygen atoms in total. The summed E-state index contributed by atoms with van der Waals surface area (Å²) in [6.07, 6.45) is 0. The third-order valence-electron chi connectivity index (χ3n) is 9.81. The van der Waals surface area contributed by atoms with Crippen LogP contribution in [0.15, 0.2) is 150 Å². The van der Waals surface area contributed by atoms with E-state index in [4.69, 9.17) is 4.42 Å². The molecule has 0 radical (unpaired) electrons. The fourth-order valence-corrected chi connectivity index (χ4v) is 7.71. The second kappa shape index (κ2) is 10.2. The van der Waals surface area contributed by atoms with Crippen molar-refractivity contribution in [3.05, 3.63) is 157 Å². The maximum absolute atomic E-state index is 10.6. The Morgan fingerprint density at radius 3 is 1.63 bits per heavy atom. The summed E-state index contributed by atoms with van der Waals surface area (Å²) in [4.78, 5) is 0. The molecule has 0 amide bonds. The molecule has 226 valence electrons. The Morgan fingerprint density at radius 2 is 0.980 bits per heavy atom. The highest BCUT2D eigenvalue weighted by atomic mass is 16.3. The summed E-state index contributed by atoms with van der Waals surface area (Å²) in [7, 11) is 0. The number of para-hydroxylation sites is 4.